The van der Waals surface area contributed by atoms with Crippen molar-refractivity contribution in [2.24, 2.45) is 0 Å². The molecule has 0 bridgehead atoms. The summed E-state index contributed by atoms with van der Waals surface area (Å²) in [5, 5.41) is 0. The van der Waals surface area contributed by atoms with Gasteiger partial charge in [-0.25, -0.2) is 0 Å². The standard InChI is InChI=1S/C13H18O2/c1-3-7-12(14)10-15-13-9-6-5-8-11(13)4-2/h5-6,8-9H,3-4,7,10H2,1-2H3. The van der Waals surface area contributed by atoms with Crippen molar-refractivity contribution < 1.29 is 9.53 Å². The second-order valence-corrected chi connectivity index (χ2v) is 3.54. The fraction of sp³-hybridized carbons (Fsp3) is 0.462. The van der Waals surface area contributed by atoms with Gasteiger partial charge in [-0.1, -0.05) is 32.0 Å². The summed E-state index contributed by atoms with van der Waals surface area (Å²) in [4.78, 5) is 11.3. The average Bonchev–Trinajstić information content (AvgIpc) is 2.27. The third kappa shape index (κ3) is 3.74. The summed E-state index contributed by atoms with van der Waals surface area (Å²) in [5.41, 5.74) is 1.15. The lowest BCUT2D eigenvalue weighted by Gasteiger charge is -2.08. The Hall–Kier alpha value is -1.31. The fourth-order valence-electron chi connectivity index (χ4n) is 1.45. The topological polar surface area (TPSA) is 26.3 Å². The molecule has 0 unspecified atom stereocenters. The summed E-state index contributed by atoms with van der Waals surface area (Å²) < 4.78 is 5.49. The van der Waals surface area contributed by atoms with Crippen LogP contribution < -0.4 is 4.74 Å². The van der Waals surface area contributed by atoms with Crippen molar-refractivity contribution in [1.82, 2.24) is 0 Å². The summed E-state index contributed by atoms with van der Waals surface area (Å²) in [6.07, 6.45) is 2.42. The van der Waals surface area contributed by atoms with Crippen molar-refractivity contribution in [3.8, 4) is 5.75 Å². The second kappa shape index (κ2) is 6.23. The van der Waals surface area contributed by atoms with E-state index in [1.165, 1.54) is 0 Å². The molecule has 1 aromatic carbocycles. The number of hydrogen-bond acceptors (Lipinski definition) is 2. The van der Waals surface area contributed by atoms with Crippen molar-refractivity contribution >= 4 is 5.78 Å². The first kappa shape index (κ1) is 11.8. The number of Topliss-reactive ketones (excluding diaryl/α,β-unsaturated/α-hetero) is 1. The van der Waals surface area contributed by atoms with Crippen LogP contribution in [0, 0.1) is 0 Å². The average molecular weight is 206 g/mol. The van der Waals surface area contributed by atoms with Crippen molar-refractivity contribution in [2.45, 2.75) is 33.1 Å². The van der Waals surface area contributed by atoms with Crippen LogP contribution in [0.4, 0.5) is 0 Å². The van der Waals surface area contributed by atoms with Crippen LogP contribution in [0.25, 0.3) is 0 Å². The van der Waals surface area contributed by atoms with Gasteiger partial charge in [0.05, 0.1) is 0 Å². The van der Waals surface area contributed by atoms with Gasteiger partial charge < -0.3 is 4.74 Å². The molecule has 0 aromatic heterocycles. The zero-order valence-corrected chi connectivity index (χ0v) is 9.45. The highest BCUT2D eigenvalue weighted by Gasteiger charge is 2.04. The van der Waals surface area contributed by atoms with Gasteiger partial charge in [0, 0.05) is 6.42 Å². The molecule has 1 rings (SSSR count). The van der Waals surface area contributed by atoms with E-state index < -0.39 is 0 Å². The Bertz CT molecular complexity index is 318. The van der Waals surface area contributed by atoms with Crippen LogP contribution in [-0.2, 0) is 11.2 Å². The molecule has 2 nitrogen and oxygen atoms in total. The Morgan fingerprint density at radius 3 is 2.67 bits per heavy atom. The van der Waals surface area contributed by atoms with E-state index in [1.807, 2.05) is 31.2 Å². The highest BCUT2D eigenvalue weighted by molar-refractivity contribution is 5.79. The molecule has 0 saturated carbocycles. The number of ether oxygens (including phenoxy) is 1. The predicted molar refractivity (Wildman–Crippen MR) is 61.2 cm³/mol. The first-order chi connectivity index (χ1) is 7.27. The summed E-state index contributed by atoms with van der Waals surface area (Å²) in [6, 6.07) is 7.86. The fourth-order valence-corrected chi connectivity index (χ4v) is 1.45. The molecule has 0 aliphatic rings. The Labute approximate surface area is 91.3 Å². The molecule has 0 aliphatic heterocycles. The SMILES string of the molecule is CCCC(=O)COc1ccccc1CC. The van der Waals surface area contributed by atoms with E-state index in [-0.39, 0.29) is 12.4 Å². The quantitative estimate of drug-likeness (QED) is 0.715. The molecule has 1 aromatic rings. The Balaban J connectivity index is 2.53. The number of carbonyl (C=O) groups is 1. The maximum atomic E-state index is 11.3. The van der Waals surface area contributed by atoms with Crippen LogP contribution in [0.15, 0.2) is 24.3 Å². The number of benzene rings is 1. The van der Waals surface area contributed by atoms with Crippen LogP contribution >= 0.6 is 0 Å². The number of hydrogen-bond donors (Lipinski definition) is 0. The lowest BCUT2D eigenvalue weighted by molar-refractivity contribution is -0.121. The molecule has 2 heteroatoms. The minimum Gasteiger partial charge on any atom is -0.486 e. The normalized spacial score (nSPS) is 10.0. The van der Waals surface area contributed by atoms with Crippen LogP contribution in [0.1, 0.15) is 32.3 Å². The first-order valence-corrected chi connectivity index (χ1v) is 5.50. The van der Waals surface area contributed by atoms with Gasteiger partial charge in [-0.15, -0.1) is 0 Å². The number of para-hydroxylation sites is 1. The highest BCUT2D eigenvalue weighted by Crippen LogP contribution is 2.18. The molecule has 0 N–H and O–H groups in total. The van der Waals surface area contributed by atoms with Crippen LogP contribution in [0.3, 0.4) is 0 Å². The Morgan fingerprint density at radius 1 is 1.27 bits per heavy atom. The van der Waals surface area contributed by atoms with Crippen molar-refractivity contribution in [2.75, 3.05) is 6.61 Å². The second-order valence-electron chi connectivity index (χ2n) is 3.54. The van der Waals surface area contributed by atoms with Crippen LogP contribution in [0.2, 0.25) is 0 Å². The molecular weight excluding hydrogens is 188 g/mol. The lowest BCUT2D eigenvalue weighted by atomic mass is 10.1. The summed E-state index contributed by atoms with van der Waals surface area (Å²) in [6.45, 7) is 4.28. The van der Waals surface area contributed by atoms with Gasteiger partial charge in [0.15, 0.2) is 5.78 Å². The molecule has 0 heterocycles. The van der Waals surface area contributed by atoms with E-state index in [9.17, 15) is 4.79 Å². The first-order valence-electron chi connectivity index (χ1n) is 5.50. The maximum absolute atomic E-state index is 11.3. The third-order valence-corrected chi connectivity index (χ3v) is 2.27. The molecule has 0 saturated heterocycles. The molecule has 0 spiro atoms. The van der Waals surface area contributed by atoms with Crippen molar-refractivity contribution in [1.29, 1.82) is 0 Å². The van der Waals surface area contributed by atoms with Crippen LogP contribution in [-0.4, -0.2) is 12.4 Å². The summed E-state index contributed by atoms with van der Waals surface area (Å²) in [7, 11) is 0. The number of carbonyl (C=O) groups excluding carboxylic acids is 1. The monoisotopic (exact) mass is 206 g/mol. The summed E-state index contributed by atoms with van der Waals surface area (Å²) in [5.74, 6) is 1.01. The molecule has 0 aliphatic carbocycles. The van der Waals surface area contributed by atoms with Gasteiger partial charge >= 0.3 is 0 Å². The molecular formula is C13H18O2. The van der Waals surface area contributed by atoms with Gasteiger partial charge in [0.2, 0.25) is 0 Å². The van der Waals surface area contributed by atoms with E-state index in [0.717, 1.165) is 24.2 Å². The van der Waals surface area contributed by atoms with Crippen LogP contribution in [0.5, 0.6) is 5.75 Å². The Morgan fingerprint density at radius 2 is 2.00 bits per heavy atom. The molecule has 82 valence electrons. The summed E-state index contributed by atoms with van der Waals surface area (Å²) >= 11 is 0. The van der Waals surface area contributed by atoms with E-state index in [4.69, 9.17) is 4.74 Å². The molecule has 0 fully saturated rings. The number of ketones is 1. The molecule has 0 atom stereocenters. The highest BCUT2D eigenvalue weighted by atomic mass is 16.5. The van der Waals surface area contributed by atoms with Gasteiger partial charge in [0.25, 0.3) is 0 Å². The smallest absolute Gasteiger partial charge is 0.170 e. The van der Waals surface area contributed by atoms with Gasteiger partial charge in [-0.05, 0) is 24.5 Å². The van der Waals surface area contributed by atoms with E-state index >= 15 is 0 Å². The van der Waals surface area contributed by atoms with E-state index in [2.05, 4.69) is 6.92 Å². The third-order valence-electron chi connectivity index (χ3n) is 2.27. The minimum absolute atomic E-state index is 0.170. The number of rotatable bonds is 6. The van der Waals surface area contributed by atoms with Crippen molar-refractivity contribution in [3.63, 3.8) is 0 Å². The molecule has 0 amide bonds. The zero-order valence-electron chi connectivity index (χ0n) is 9.45. The Kier molecular flexibility index (Phi) is 4.88. The molecule has 15 heavy (non-hydrogen) atoms. The van der Waals surface area contributed by atoms with Gasteiger partial charge in [-0.3, -0.25) is 4.79 Å². The zero-order chi connectivity index (χ0) is 11.1. The maximum Gasteiger partial charge on any atom is 0.170 e. The van der Waals surface area contributed by atoms with E-state index in [0.29, 0.717) is 6.42 Å². The van der Waals surface area contributed by atoms with Gasteiger partial charge in [-0.2, -0.15) is 0 Å². The number of aryl methyl sites for hydroxylation is 1. The molecule has 0 radical (unpaired) electrons. The van der Waals surface area contributed by atoms with Gasteiger partial charge in [0.1, 0.15) is 12.4 Å². The minimum atomic E-state index is 0.170. The van der Waals surface area contributed by atoms with Crippen molar-refractivity contribution in [3.05, 3.63) is 29.8 Å². The predicted octanol–water partition coefficient (Wildman–Crippen LogP) is 3.00. The largest absolute Gasteiger partial charge is 0.486 e. The van der Waals surface area contributed by atoms with E-state index in [1.54, 1.807) is 0 Å². The lowest BCUT2D eigenvalue weighted by Crippen LogP contribution is -2.11.